The SMILES string of the molecule is CC1(C)C(=O)N(c2ccc(C#N)c(C(F)(F)F)c2)C(=S)N1c1ccc(Cl)c(NC(=O)OCCOC(=O)C(N)CCCCN)c1. The highest BCUT2D eigenvalue weighted by atomic mass is 35.5. The largest absolute Gasteiger partial charge is 0.461 e. The Balaban J connectivity index is 1.73. The third kappa shape index (κ3) is 7.75. The van der Waals surface area contributed by atoms with Gasteiger partial charge in [-0.1, -0.05) is 18.0 Å². The molecule has 1 heterocycles. The summed E-state index contributed by atoms with van der Waals surface area (Å²) in [6.07, 6.45) is -3.96. The zero-order chi connectivity index (χ0) is 32.8. The number of hydrogen-bond donors (Lipinski definition) is 3. The van der Waals surface area contributed by atoms with Gasteiger partial charge in [0, 0.05) is 5.69 Å². The quantitative estimate of drug-likeness (QED) is 0.176. The summed E-state index contributed by atoms with van der Waals surface area (Å²) in [4.78, 5) is 40.1. The van der Waals surface area contributed by atoms with Crippen LogP contribution in [0.1, 0.15) is 44.2 Å². The summed E-state index contributed by atoms with van der Waals surface area (Å²) in [6.45, 7) is 3.03. The van der Waals surface area contributed by atoms with Gasteiger partial charge < -0.3 is 25.8 Å². The van der Waals surface area contributed by atoms with E-state index in [1.54, 1.807) is 0 Å². The standard InChI is InChI=1S/C28H30ClF3N6O5S/c1-27(2)24(40)37(17-7-6-16(15-34)19(13-17)28(30,31)32)26(44)38(27)18-8-9-20(29)22(14-18)36-25(41)43-12-11-42-23(39)21(35)5-3-4-10-33/h6-9,13-14,21H,3-5,10-12,33,35H2,1-2H3,(H,36,41). The molecule has 236 valence electrons. The van der Waals surface area contributed by atoms with E-state index in [1.807, 2.05) is 0 Å². The Labute approximate surface area is 261 Å². The highest BCUT2D eigenvalue weighted by Crippen LogP contribution is 2.40. The van der Waals surface area contributed by atoms with Crippen molar-refractivity contribution in [2.75, 3.05) is 34.9 Å². The van der Waals surface area contributed by atoms with Crippen LogP contribution in [0.5, 0.6) is 0 Å². The summed E-state index contributed by atoms with van der Waals surface area (Å²) >= 11 is 11.8. The van der Waals surface area contributed by atoms with Crippen LogP contribution < -0.4 is 26.6 Å². The Morgan fingerprint density at radius 1 is 1.14 bits per heavy atom. The minimum atomic E-state index is -4.84. The van der Waals surface area contributed by atoms with Crippen LogP contribution >= 0.6 is 23.8 Å². The van der Waals surface area contributed by atoms with E-state index in [0.717, 1.165) is 17.4 Å². The summed E-state index contributed by atoms with van der Waals surface area (Å²) in [5.74, 6) is -1.26. The molecule has 1 aliphatic heterocycles. The number of anilines is 3. The molecule has 2 aromatic carbocycles. The lowest BCUT2D eigenvalue weighted by molar-refractivity contribution is -0.146. The number of nitrogens with zero attached hydrogens (tertiary/aromatic N) is 3. The van der Waals surface area contributed by atoms with Crippen LogP contribution in [-0.4, -0.2) is 54.4 Å². The second-order valence-corrected chi connectivity index (χ2v) is 10.9. The molecule has 11 nitrogen and oxygen atoms in total. The van der Waals surface area contributed by atoms with Crippen molar-refractivity contribution in [2.45, 2.75) is 50.9 Å². The summed E-state index contributed by atoms with van der Waals surface area (Å²) in [7, 11) is 0. The molecule has 3 rings (SSSR count). The molecule has 5 N–H and O–H groups in total. The van der Waals surface area contributed by atoms with E-state index >= 15 is 0 Å². The lowest BCUT2D eigenvalue weighted by atomic mass is 10.0. The van der Waals surface area contributed by atoms with Crippen LogP contribution in [0.15, 0.2) is 36.4 Å². The Bertz CT molecular complexity index is 1480. The van der Waals surface area contributed by atoms with Crippen molar-refractivity contribution in [2.24, 2.45) is 11.5 Å². The lowest BCUT2D eigenvalue weighted by Crippen LogP contribution is -2.44. The van der Waals surface area contributed by atoms with Crippen molar-refractivity contribution in [3.63, 3.8) is 0 Å². The molecule has 0 aliphatic carbocycles. The van der Waals surface area contributed by atoms with Crippen LogP contribution in [0, 0.1) is 11.3 Å². The van der Waals surface area contributed by atoms with Gasteiger partial charge in [0.2, 0.25) is 0 Å². The number of halogens is 4. The predicted octanol–water partition coefficient (Wildman–Crippen LogP) is 4.70. The zero-order valence-corrected chi connectivity index (χ0v) is 25.3. The molecular weight excluding hydrogens is 625 g/mol. The van der Waals surface area contributed by atoms with Gasteiger partial charge in [0.15, 0.2) is 5.11 Å². The van der Waals surface area contributed by atoms with E-state index in [1.165, 1.54) is 49.1 Å². The maximum absolute atomic E-state index is 13.6. The molecule has 1 saturated heterocycles. The first-order chi connectivity index (χ1) is 20.6. The van der Waals surface area contributed by atoms with Crippen LogP contribution in [0.25, 0.3) is 0 Å². The second kappa shape index (κ2) is 14.2. The molecule has 44 heavy (non-hydrogen) atoms. The van der Waals surface area contributed by atoms with Crippen molar-refractivity contribution >= 4 is 64.0 Å². The minimum Gasteiger partial charge on any atom is -0.461 e. The van der Waals surface area contributed by atoms with Crippen LogP contribution in [0.2, 0.25) is 5.02 Å². The fraction of sp³-hybridized carbons (Fsp3) is 0.393. The number of carbonyl (C=O) groups is 3. The van der Waals surface area contributed by atoms with Crippen molar-refractivity contribution < 1.29 is 37.0 Å². The summed E-state index contributed by atoms with van der Waals surface area (Å²) in [5.41, 5.74) is 8.19. The second-order valence-electron chi connectivity index (χ2n) is 10.1. The third-order valence-corrected chi connectivity index (χ3v) is 7.33. The lowest BCUT2D eigenvalue weighted by Gasteiger charge is -2.30. The number of esters is 1. The van der Waals surface area contributed by atoms with E-state index < -0.39 is 46.9 Å². The molecule has 0 saturated carbocycles. The molecule has 1 aliphatic rings. The number of nitriles is 1. The third-order valence-electron chi connectivity index (χ3n) is 6.63. The van der Waals surface area contributed by atoms with Gasteiger partial charge in [0.25, 0.3) is 5.91 Å². The van der Waals surface area contributed by atoms with E-state index in [4.69, 9.17) is 50.0 Å². The number of rotatable bonds is 11. The molecule has 2 aromatic rings. The molecule has 0 spiro atoms. The van der Waals surface area contributed by atoms with E-state index in [-0.39, 0.29) is 40.4 Å². The van der Waals surface area contributed by atoms with Crippen LogP contribution in [0.4, 0.5) is 35.0 Å². The highest BCUT2D eigenvalue weighted by Gasteiger charge is 2.50. The molecular formula is C28H30ClF3N6O5S. The van der Waals surface area contributed by atoms with Crippen molar-refractivity contribution in [3.05, 3.63) is 52.5 Å². The molecule has 2 amide bonds. The molecule has 1 fully saturated rings. The Morgan fingerprint density at radius 2 is 1.80 bits per heavy atom. The first-order valence-electron chi connectivity index (χ1n) is 13.3. The number of ether oxygens (including phenoxy) is 2. The number of thiocarbonyl (C=S) groups is 1. The highest BCUT2D eigenvalue weighted by molar-refractivity contribution is 7.81. The topological polar surface area (TPSA) is 164 Å². The summed E-state index contributed by atoms with van der Waals surface area (Å²) in [5, 5.41) is 11.5. The number of carbonyl (C=O) groups excluding carboxylic acids is 3. The van der Waals surface area contributed by atoms with Gasteiger partial charge in [-0.05, 0) is 81.8 Å². The average Bonchev–Trinajstić information content (AvgIpc) is 3.14. The van der Waals surface area contributed by atoms with Crippen molar-refractivity contribution in [1.82, 2.24) is 0 Å². The van der Waals surface area contributed by atoms with Crippen LogP contribution in [-0.2, 0) is 25.2 Å². The van der Waals surface area contributed by atoms with Gasteiger partial charge in [0.1, 0.15) is 24.8 Å². The minimum absolute atomic E-state index is 0.0790. The Morgan fingerprint density at radius 3 is 2.43 bits per heavy atom. The maximum Gasteiger partial charge on any atom is 0.417 e. The van der Waals surface area contributed by atoms with Crippen molar-refractivity contribution in [1.29, 1.82) is 5.26 Å². The van der Waals surface area contributed by atoms with Gasteiger partial charge >= 0.3 is 18.2 Å². The van der Waals surface area contributed by atoms with Gasteiger partial charge in [-0.3, -0.25) is 19.8 Å². The fourth-order valence-corrected chi connectivity index (χ4v) is 5.05. The smallest absolute Gasteiger partial charge is 0.417 e. The predicted molar refractivity (Wildman–Crippen MR) is 161 cm³/mol. The summed E-state index contributed by atoms with van der Waals surface area (Å²) in [6, 6.07) is 7.90. The monoisotopic (exact) mass is 654 g/mol. The Hall–Kier alpha value is -3.97. The summed E-state index contributed by atoms with van der Waals surface area (Å²) < 4.78 is 50.9. The maximum atomic E-state index is 13.6. The number of nitrogens with two attached hydrogens (primary N) is 2. The molecule has 0 aromatic heterocycles. The van der Waals surface area contributed by atoms with Gasteiger partial charge in [0.05, 0.1) is 33.6 Å². The van der Waals surface area contributed by atoms with E-state index in [9.17, 15) is 27.6 Å². The first kappa shape index (κ1) is 34.5. The first-order valence-corrected chi connectivity index (χ1v) is 14.1. The Kier molecular flexibility index (Phi) is 11.1. The molecule has 16 heteroatoms. The normalized spacial score (nSPS) is 15.2. The van der Waals surface area contributed by atoms with E-state index in [2.05, 4.69) is 5.32 Å². The number of amides is 2. The van der Waals surface area contributed by atoms with E-state index in [0.29, 0.717) is 25.5 Å². The molecule has 1 unspecified atom stereocenters. The number of nitrogens with one attached hydrogen (secondary N) is 1. The number of unbranched alkanes of at least 4 members (excludes halogenated alkanes) is 1. The average molecular weight is 655 g/mol. The fourth-order valence-electron chi connectivity index (χ4n) is 4.36. The van der Waals surface area contributed by atoms with Gasteiger partial charge in [-0.25, -0.2) is 4.79 Å². The molecule has 0 radical (unpaired) electrons. The number of benzene rings is 2. The van der Waals surface area contributed by atoms with Crippen molar-refractivity contribution in [3.8, 4) is 6.07 Å². The number of alkyl halides is 3. The molecule has 0 bridgehead atoms. The van der Waals surface area contributed by atoms with Gasteiger partial charge in [-0.15, -0.1) is 0 Å². The van der Waals surface area contributed by atoms with Crippen LogP contribution in [0.3, 0.4) is 0 Å². The molecule has 1 atom stereocenters. The van der Waals surface area contributed by atoms with Gasteiger partial charge in [-0.2, -0.15) is 18.4 Å². The number of hydrogen-bond acceptors (Lipinski definition) is 9. The zero-order valence-electron chi connectivity index (χ0n) is 23.7.